The topological polar surface area (TPSA) is 154 Å². The number of rotatable bonds is 12. The molecular weight excluding hydrogens is 462 g/mol. The Kier molecular flexibility index (Phi) is 10.1. The lowest BCUT2D eigenvalue weighted by Gasteiger charge is -2.36. The molecule has 7 N–H and O–H groups in total. The van der Waals surface area contributed by atoms with Crippen LogP contribution in [0.1, 0.15) is 56.5 Å². The number of carbonyl (C=O) groups excluding carboxylic acids is 1. The average Bonchev–Trinajstić information content (AvgIpc) is 2.78. The summed E-state index contributed by atoms with van der Waals surface area (Å²) < 4.78 is 5.42. The number of carboxylic acids is 1. The summed E-state index contributed by atoms with van der Waals surface area (Å²) in [6, 6.07) is 10.4. The lowest BCUT2D eigenvalue weighted by atomic mass is 9.97. The third-order valence-electron chi connectivity index (χ3n) is 5.71. The van der Waals surface area contributed by atoms with Crippen LogP contribution in [0.2, 0.25) is 0 Å². The Labute approximate surface area is 212 Å². The summed E-state index contributed by atoms with van der Waals surface area (Å²) in [5.74, 6) is -0.755. The van der Waals surface area contributed by atoms with E-state index >= 15 is 0 Å². The minimum Gasteiger partial charge on any atom is -0.507 e. The van der Waals surface area contributed by atoms with Crippen molar-refractivity contribution in [3.05, 3.63) is 53.1 Å². The average molecular weight is 502 g/mol. The molecule has 0 saturated heterocycles. The minimum absolute atomic E-state index is 0.0721. The lowest BCUT2D eigenvalue weighted by Crippen LogP contribution is -2.56. The standard InChI is InChI=1S/C26H39N5O5/c1-15(2)19-11-20(21(32)12-22(19)36-6)24(27)31(25(28)26(35)29-16(3)4)18-9-7-17(8-10-18)13-30(5)14-23(33)34/h7-12,15-16,24-25,32H,13-14,27-28H2,1-6H3,(H,29,35)(H,33,34). The van der Waals surface area contributed by atoms with E-state index in [0.29, 0.717) is 23.5 Å². The van der Waals surface area contributed by atoms with Gasteiger partial charge in [-0.05, 0) is 56.1 Å². The molecule has 0 aliphatic rings. The summed E-state index contributed by atoms with van der Waals surface area (Å²) in [4.78, 5) is 27.1. The maximum Gasteiger partial charge on any atom is 0.317 e. The largest absolute Gasteiger partial charge is 0.507 e. The molecule has 0 aromatic heterocycles. The van der Waals surface area contributed by atoms with Gasteiger partial charge in [0.1, 0.15) is 17.7 Å². The molecule has 0 bridgehead atoms. The minimum atomic E-state index is -1.15. The van der Waals surface area contributed by atoms with Crippen molar-refractivity contribution in [2.75, 3.05) is 25.6 Å². The van der Waals surface area contributed by atoms with Crippen molar-refractivity contribution in [3.8, 4) is 11.5 Å². The number of methoxy groups -OCH3 is 1. The Morgan fingerprint density at radius 3 is 2.17 bits per heavy atom. The van der Waals surface area contributed by atoms with Crippen molar-refractivity contribution in [3.63, 3.8) is 0 Å². The predicted molar refractivity (Wildman–Crippen MR) is 140 cm³/mol. The van der Waals surface area contributed by atoms with Gasteiger partial charge in [0, 0.05) is 29.9 Å². The van der Waals surface area contributed by atoms with Gasteiger partial charge < -0.3 is 36.6 Å². The first-order valence-electron chi connectivity index (χ1n) is 11.9. The van der Waals surface area contributed by atoms with Gasteiger partial charge in [-0.2, -0.15) is 0 Å². The zero-order valence-corrected chi connectivity index (χ0v) is 21.9. The second kappa shape index (κ2) is 12.6. The van der Waals surface area contributed by atoms with Gasteiger partial charge in [-0.15, -0.1) is 0 Å². The molecule has 10 heteroatoms. The van der Waals surface area contributed by atoms with E-state index in [2.05, 4.69) is 5.32 Å². The first-order valence-corrected chi connectivity index (χ1v) is 11.9. The number of hydrogen-bond acceptors (Lipinski definition) is 8. The molecule has 10 nitrogen and oxygen atoms in total. The van der Waals surface area contributed by atoms with Crippen LogP contribution in [0.5, 0.6) is 11.5 Å². The van der Waals surface area contributed by atoms with Crippen LogP contribution in [-0.2, 0) is 16.1 Å². The number of anilines is 1. The Bertz CT molecular complexity index is 1040. The smallest absolute Gasteiger partial charge is 0.317 e. The first kappa shape index (κ1) is 28.9. The van der Waals surface area contributed by atoms with E-state index < -0.39 is 24.2 Å². The van der Waals surface area contributed by atoms with Crippen LogP contribution in [0, 0.1) is 0 Å². The second-order valence-electron chi connectivity index (χ2n) is 9.50. The number of nitrogens with one attached hydrogen (secondary N) is 1. The number of phenolic OH excluding ortho intramolecular Hbond substituents is 1. The van der Waals surface area contributed by atoms with Gasteiger partial charge >= 0.3 is 5.97 Å². The van der Waals surface area contributed by atoms with E-state index in [1.54, 1.807) is 35.0 Å². The van der Waals surface area contributed by atoms with Crippen molar-refractivity contribution in [2.45, 2.75) is 58.5 Å². The highest BCUT2D eigenvalue weighted by molar-refractivity contribution is 5.85. The normalized spacial score (nSPS) is 13.1. The van der Waals surface area contributed by atoms with E-state index in [9.17, 15) is 14.7 Å². The summed E-state index contributed by atoms with van der Waals surface area (Å²) in [5.41, 5.74) is 15.8. The molecule has 0 heterocycles. The summed E-state index contributed by atoms with van der Waals surface area (Å²) in [7, 11) is 3.25. The Balaban J connectivity index is 2.50. The molecule has 2 rings (SSSR count). The molecule has 0 radical (unpaired) electrons. The highest BCUT2D eigenvalue weighted by atomic mass is 16.5. The van der Waals surface area contributed by atoms with E-state index in [1.807, 2.05) is 39.8 Å². The summed E-state index contributed by atoms with van der Waals surface area (Å²) >= 11 is 0. The molecule has 0 aliphatic heterocycles. The van der Waals surface area contributed by atoms with Crippen molar-refractivity contribution < 1.29 is 24.5 Å². The van der Waals surface area contributed by atoms with Gasteiger partial charge in [-0.25, -0.2) is 0 Å². The second-order valence-corrected chi connectivity index (χ2v) is 9.50. The number of likely N-dealkylation sites (N-methyl/N-ethyl adjacent to an activating group) is 1. The van der Waals surface area contributed by atoms with Crippen LogP contribution in [0.4, 0.5) is 5.69 Å². The van der Waals surface area contributed by atoms with E-state index in [4.69, 9.17) is 21.3 Å². The van der Waals surface area contributed by atoms with Gasteiger partial charge in [-0.1, -0.05) is 26.0 Å². The number of aliphatic carboxylic acids is 1. The highest BCUT2D eigenvalue weighted by Crippen LogP contribution is 2.37. The molecular formula is C26H39N5O5. The third kappa shape index (κ3) is 7.33. The van der Waals surface area contributed by atoms with Crippen molar-refractivity contribution >= 4 is 17.6 Å². The monoisotopic (exact) mass is 501 g/mol. The number of nitrogens with zero attached hydrogens (tertiary/aromatic N) is 2. The molecule has 2 aromatic rings. The molecule has 36 heavy (non-hydrogen) atoms. The number of nitrogens with two attached hydrogens (primary N) is 2. The quantitative estimate of drug-likeness (QED) is 0.276. The lowest BCUT2D eigenvalue weighted by molar-refractivity contribution is -0.138. The molecule has 1 amide bonds. The molecule has 0 aliphatic carbocycles. The van der Waals surface area contributed by atoms with Gasteiger partial charge in [0.15, 0.2) is 6.17 Å². The first-order chi connectivity index (χ1) is 16.8. The van der Waals surface area contributed by atoms with Crippen molar-refractivity contribution in [2.24, 2.45) is 11.5 Å². The fourth-order valence-electron chi connectivity index (χ4n) is 3.98. The van der Waals surface area contributed by atoms with Crippen LogP contribution < -0.4 is 26.4 Å². The molecule has 2 aromatic carbocycles. The molecule has 0 saturated carbocycles. The number of carboxylic acid groups (broad SMARTS) is 1. The van der Waals surface area contributed by atoms with Crippen molar-refractivity contribution in [1.82, 2.24) is 10.2 Å². The summed E-state index contributed by atoms with van der Waals surface area (Å²) in [6.45, 7) is 8.01. The van der Waals surface area contributed by atoms with Crippen molar-refractivity contribution in [1.29, 1.82) is 0 Å². The van der Waals surface area contributed by atoms with E-state index in [1.165, 1.54) is 13.2 Å². The fourth-order valence-corrected chi connectivity index (χ4v) is 3.98. The Morgan fingerprint density at radius 1 is 1.06 bits per heavy atom. The fraction of sp³-hybridized carbons (Fsp3) is 0.462. The molecule has 0 fully saturated rings. The Hall–Kier alpha value is -3.34. The number of amides is 1. The van der Waals surface area contributed by atoms with E-state index in [0.717, 1.165) is 11.1 Å². The predicted octanol–water partition coefficient (Wildman–Crippen LogP) is 2.31. The number of ether oxygens (including phenoxy) is 1. The maximum absolute atomic E-state index is 12.9. The number of phenols is 1. The zero-order chi connectivity index (χ0) is 27.2. The number of benzene rings is 2. The maximum atomic E-state index is 12.9. The molecule has 2 unspecified atom stereocenters. The van der Waals surface area contributed by atoms with Crippen LogP contribution in [0.3, 0.4) is 0 Å². The summed E-state index contributed by atoms with van der Waals surface area (Å²) in [6.07, 6.45) is -2.10. The highest BCUT2D eigenvalue weighted by Gasteiger charge is 2.30. The molecule has 198 valence electrons. The molecule has 2 atom stereocenters. The van der Waals surface area contributed by atoms with Crippen LogP contribution in [0.25, 0.3) is 0 Å². The van der Waals surface area contributed by atoms with Crippen LogP contribution >= 0.6 is 0 Å². The SMILES string of the molecule is COc1cc(O)c(C(N)N(c2ccc(CN(C)CC(=O)O)cc2)C(N)C(=O)NC(C)C)cc1C(C)C. The van der Waals surface area contributed by atoms with E-state index in [-0.39, 0.29) is 24.3 Å². The number of hydrogen-bond donors (Lipinski definition) is 5. The van der Waals surface area contributed by atoms with Gasteiger partial charge in [0.2, 0.25) is 0 Å². The van der Waals surface area contributed by atoms with Crippen LogP contribution in [-0.4, -0.2) is 59.9 Å². The number of aromatic hydroxyl groups is 1. The third-order valence-corrected chi connectivity index (χ3v) is 5.71. The Morgan fingerprint density at radius 2 is 1.67 bits per heavy atom. The molecule has 0 spiro atoms. The van der Waals surface area contributed by atoms with Crippen LogP contribution in [0.15, 0.2) is 36.4 Å². The van der Waals surface area contributed by atoms with Gasteiger partial charge in [0.25, 0.3) is 5.91 Å². The summed E-state index contributed by atoms with van der Waals surface area (Å²) in [5, 5.41) is 22.6. The zero-order valence-electron chi connectivity index (χ0n) is 21.9. The van der Waals surface area contributed by atoms with Gasteiger partial charge in [0.05, 0.1) is 13.7 Å². The number of carbonyl (C=O) groups is 2. The van der Waals surface area contributed by atoms with Gasteiger partial charge in [-0.3, -0.25) is 14.5 Å².